The molecule has 9 heteroatoms. The molecule has 1 amide bonds. The van der Waals surface area contributed by atoms with Gasteiger partial charge in [0.2, 0.25) is 5.82 Å². The molecular formula is C12H5F5N2O2. The number of hydrogen-bond donors (Lipinski definition) is 2. The van der Waals surface area contributed by atoms with Crippen molar-refractivity contribution in [3.63, 3.8) is 0 Å². The van der Waals surface area contributed by atoms with Crippen LogP contribution in [0.3, 0.4) is 0 Å². The Kier molecular flexibility index (Phi) is 3.74. The van der Waals surface area contributed by atoms with Crippen LogP contribution in [0.2, 0.25) is 0 Å². The number of amides is 1. The average Bonchev–Trinajstić information content (AvgIpc) is 2.47. The van der Waals surface area contributed by atoms with Crippen molar-refractivity contribution in [1.82, 2.24) is 4.98 Å². The van der Waals surface area contributed by atoms with Crippen LogP contribution in [0.1, 0.15) is 10.4 Å². The number of carbonyl (C=O) groups is 1. The lowest BCUT2D eigenvalue weighted by Crippen LogP contribution is -2.17. The number of benzene rings is 1. The second-order valence-electron chi connectivity index (χ2n) is 3.83. The van der Waals surface area contributed by atoms with E-state index in [4.69, 9.17) is 5.11 Å². The molecular weight excluding hydrogens is 299 g/mol. The fourth-order valence-corrected chi connectivity index (χ4v) is 1.45. The Morgan fingerprint density at radius 2 is 1.48 bits per heavy atom. The molecule has 0 atom stereocenters. The monoisotopic (exact) mass is 304 g/mol. The molecule has 0 saturated carbocycles. The van der Waals surface area contributed by atoms with Gasteiger partial charge in [-0.15, -0.1) is 0 Å². The summed E-state index contributed by atoms with van der Waals surface area (Å²) in [6.07, 6.45) is 1.91. The number of nitrogens with one attached hydrogen (secondary N) is 1. The van der Waals surface area contributed by atoms with E-state index in [1.807, 2.05) is 0 Å². The van der Waals surface area contributed by atoms with Crippen LogP contribution >= 0.6 is 0 Å². The van der Waals surface area contributed by atoms with Crippen molar-refractivity contribution in [3.8, 4) is 5.75 Å². The molecule has 0 fully saturated rings. The summed E-state index contributed by atoms with van der Waals surface area (Å²) < 4.78 is 65.5. The highest BCUT2D eigenvalue weighted by Crippen LogP contribution is 2.27. The van der Waals surface area contributed by atoms with Crippen molar-refractivity contribution in [3.05, 3.63) is 53.1 Å². The fraction of sp³-hybridized carbons (Fsp3) is 0. The molecule has 2 rings (SSSR count). The van der Waals surface area contributed by atoms with Gasteiger partial charge in [-0.1, -0.05) is 0 Å². The van der Waals surface area contributed by atoms with Gasteiger partial charge in [-0.3, -0.25) is 9.78 Å². The predicted octanol–water partition coefficient (Wildman–Crippen LogP) is 2.74. The van der Waals surface area contributed by atoms with Crippen LogP contribution in [-0.2, 0) is 0 Å². The zero-order valence-corrected chi connectivity index (χ0v) is 9.92. The minimum Gasteiger partial charge on any atom is -0.506 e. The number of hydrogen-bond acceptors (Lipinski definition) is 3. The smallest absolute Gasteiger partial charge is 0.257 e. The van der Waals surface area contributed by atoms with Crippen molar-refractivity contribution in [2.24, 2.45) is 0 Å². The summed E-state index contributed by atoms with van der Waals surface area (Å²) in [6, 6.07) is 0.897. The van der Waals surface area contributed by atoms with E-state index < -0.39 is 46.4 Å². The summed E-state index contributed by atoms with van der Waals surface area (Å²) in [5.74, 6) is -12.7. The first-order valence-corrected chi connectivity index (χ1v) is 5.29. The average molecular weight is 304 g/mol. The van der Waals surface area contributed by atoms with Gasteiger partial charge in [0.25, 0.3) is 5.91 Å². The summed E-state index contributed by atoms with van der Waals surface area (Å²) in [6.45, 7) is 0. The molecule has 4 nitrogen and oxygen atoms in total. The third kappa shape index (κ3) is 2.62. The molecule has 1 aromatic heterocycles. The molecule has 110 valence electrons. The third-order valence-corrected chi connectivity index (χ3v) is 2.43. The SMILES string of the molecule is O=C(Nc1c(F)c(F)c(F)c(F)c1F)c1cncc(O)c1. The van der Waals surface area contributed by atoms with Crippen LogP contribution in [0.4, 0.5) is 27.6 Å². The topological polar surface area (TPSA) is 62.2 Å². The Morgan fingerprint density at radius 1 is 0.952 bits per heavy atom. The third-order valence-electron chi connectivity index (χ3n) is 2.43. The number of aromatic nitrogens is 1. The number of nitrogens with zero attached hydrogens (tertiary/aromatic N) is 1. The van der Waals surface area contributed by atoms with E-state index in [1.165, 1.54) is 0 Å². The van der Waals surface area contributed by atoms with Gasteiger partial charge < -0.3 is 10.4 Å². The first-order chi connectivity index (χ1) is 9.82. The van der Waals surface area contributed by atoms with Crippen LogP contribution in [0.5, 0.6) is 5.75 Å². The Balaban J connectivity index is 2.43. The highest BCUT2D eigenvalue weighted by molar-refractivity contribution is 6.04. The zero-order chi connectivity index (χ0) is 15.7. The van der Waals surface area contributed by atoms with Gasteiger partial charge in [0.1, 0.15) is 11.4 Å². The van der Waals surface area contributed by atoms with E-state index in [0.29, 0.717) is 0 Å². The number of pyridine rings is 1. The molecule has 0 unspecified atom stereocenters. The second kappa shape index (κ2) is 5.35. The van der Waals surface area contributed by atoms with Crippen LogP contribution < -0.4 is 5.32 Å². The molecule has 2 aromatic rings. The molecule has 0 spiro atoms. The summed E-state index contributed by atoms with van der Waals surface area (Å²) in [7, 11) is 0. The molecule has 2 N–H and O–H groups in total. The highest BCUT2D eigenvalue weighted by atomic mass is 19.2. The Morgan fingerprint density at radius 3 is 2.00 bits per heavy atom. The summed E-state index contributed by atoms with van der Waals surface area (Å²) in [5, 5.41) is 10.6. The van der Waals surface area contributed by atoms with E-state index in [0.717, 1.165) is 18.5 Å². The maximum Gasteiger partial charge on any atom is 0.257 e. The maximum absolute atomic E-state index is 13.4. The molecule has 1 heterocycles. The van der Waals surface area contributed by atoms with Gasteiger partial charge in [0.15, 0.2) is 23.3 Å². The maximum atomic E-state index is 13.4. The van der Waals surface area contributed by atoms with E-state index >= 15 is 0 Å². The van der Waals surface area contributed by atoms with Crippen LogP contribution in [-0.4, -0.2) is 16.0 Å². The Labute approximate surface area is 113 Å². The Hall–Kier alpha value is -2.71. The number of halogens is 5. The molecule has 0 aliphatic heterocycles. The summed E-state index contributed by atoms with van der Waals surface area (Å²) >= 11 is 0. The lowest BCUT2D eigenvalue weighted by molar-refractivity contribution is 0.102. The van der Waals surface area contributed by atoms with Gasteiger partial charge in [-0.25, -0.2) is 22.0 Å². The lowest BCUT2D eigenvalue weighted by atomic mass is 10.2. The van der Waals surface area contributed by atoms with Crippen molar-refractivity contribution in [2.45, 2.75) is 0 Å². The van der Waals surface area contributed by atoms with Gasteiger partial charge in [0, 0.05) is 6.20 Å². The van der Waals surface area contributed by atoms with Crippen molar-refractivity contribution in [1.29, 1.82) is 0 Å². The second-order valence-corrected chi connectivity index (χ2v) is 3.83. The summed E-state index contributed by atoms with van der Waals surface area (Å²) in [4.78, 5) is 15.1. The normalized spacial score (nSPS) is 10.5. The molecule has 0 saturated heterocycles. The lowest BCUT2D eigenvalue weighted by Gasteiger charge is -2.09. The first-order valence-electron chi connectivity index (χ1n) is 5.29. The number of carbonyl (C=O) groups excluding carboxylic acids is 1. The molecule has 0 aliphatic rings. The minimum atomic E-state index is -2.33. The first kappa shape index (κ1) is 14.7. The van der Waals surface area contributed by atoms with Gasteiger partial charge in [-0.05, 0) is 6.07 Å². The van der Waals surface area contributed by atoms with Crippen LogP contribution in [0, 0.1) is 29.1 Å². The molecule has 0 aliphatic carbocycles. The fourth-order valence-electron chi connectivity index (χ4n) is 1.45. The highest BCUT2D eigenvalue weighted by Gasteiger charge is 2.27. The molecule has 0 radical (unpaired) electrons. The predicted molar refractivity (Wildman–Crippen MR) is 60.1 cm³/mol. The van der Waals surface area contributed by atoms with Crippen LogP contribution in [0.25, 0.3) is 0 Å². The van der Waals surface area contributed by atoms with E-state index in [2.05, 4.69) is 4.98 Å². The van der Waals surface area contributed by atoms with Gasteiger partial charge in [0.05, 0.1) is 11.8 Å². The summed E-state index contributed by atoms with van der Waals surface area (Å²) in [5.41, 5.74) is -1.82. The number of aromatic hydroxyl groups is 1. The van der Waals surface area contributed by atoms with Crippen molar-refractivity contribution < 1.29 is 31.9 Å². The largest absolute Gasteiger partial charge is 0.506 e. The number of anilines is 1. The van der Waals surface area contributed by atoms with Crippen molar-refractivity contribution >= 4 is 11.6 Å². The van der Waals surface area contributed by atoms with Gasteiger partial charge in [-0.2, -0.15) is 0 Å². The molecule has 1 aromatic carbocycles. The van der Waals surface area contributed by atoms with E-state index in [-0.39, 0.29) is 5.56 Å². The van der Waals surface area contributed by atoms with Crippen LogP contribution in [0.15, 0.2) is 18.5 Å². The number of rotatable bonds is 2. The zero-order valence-electron chi connectivity index (χ0n) is 9.92. The van der Waals surface area contributed by atoms with E-state index in [1.54, 1.807) is 5.32 Å². The van der Waals surface area contributed by atoms with E-state index in [9.17, 15) is 26.7 Å². The van der Waals surface area contributed by atoms with Gasteiger partial charge >= 0.3 is 0 Å². The van der Waals surface area contributed by atoms with Crippen molar-refractivity contribution in [2.75, 3.05) is 5.32 Å². The minimum absolute atomic E-state index is 0.334. The quantitative estimate of drug-likeness (QED) is 0.509. The Bertz CT molecular complexity index is 707. The standard InChI is InChI=1S/C12H5F5N2O2/c13-6-7(14)9(16)11(10(17)8(6)15)19-12(21)4-1-5(20)3-18-2-4/h1-3,20H,(H,19,21). The molecule has 0 bridgehead atoms. The molecule has 21 heavy (non-hydrogen) atoms.